The molecule has 0 aromatic rings. The largest absolute Gasteiger partial charge is 0.106 e. The maximum absolute atomic E-state index is 3.79. The average molecular weight is 610 g/mol. The van der Waals surface area contributed by atoms with Crippen LogP contribution in [0.4, 0.5) is 0 Å². The lowest BCUT2D eigenvalue weighted by atomic mass is 9.73. The normalized spacial score (nSPS) is 37.1. The fourth-order valence-electron chi connectivity index (χ4n) is 2.45. The minimum absolute atomic E-state index is 0.0642. The molecule has 92 valence electrons. The quantitative estimate of drug-likeness (QED) is 0.266. The molecule has 0 N–H and O–H groups in total. The van der Waals surface area contributed by atoms with Gasteiger partial charge in [-0.05, 0) is 37.5 Å². The zero-order valence-corrected chi connectivity index (χ0v) is 17.8. The summed E-state index contributed by atoms with van der Waals surface area (Å²) < 4.78 is 2.54. The van der Waals surface area contributed by atoms with Crippen LogP contribution in [-0.4, -0.2) is 6.47 Å². The molecular weight excluding hydrogens is 600 g/mol. The fourth-order valence-corrected chi connectivity index (χ4v) is 5.92. The van der Waals surface area contributed by atoms with Gasteiger partial charge in [-0.3, -0.25) is 0 Å². The molecule has 0 aliphatic heterocycles. The molecule has 2 aliphatic rings. The third-order valence-electron chi connectivity index (χ3n) is 3.42. The van der Waals surface area contributed by atoms with Crippen LogP contribution in [0, 0.1) is 11.8 Å². The Morgan fingerprint density at radius 3 is 1.38 bits per heavy atom. The minimum atomic E-state index is -0.0642. The summed E-state index contributed by atoms with van der Waals surface area (Å²) in [6.07, 6.45) is 4.51. The van der Waals surface area contributed by atoms with Gasteiger partial charge in [0.1, 0.15) is 6.47 Å². The van der Waals surface area contributed by atoms with Crippen LogP contribution in [0.1, 0.15) is 25.7 Å². The summed E-state index contributed by atoms with van der Waals surface area (Å²) in [5.74, 6) is 1.47. The molecule has 0 saturated heterocycles. The summed E-state index contributed by atoms with van der Waals surface area (Å²) in [7, 11) is 0. The van der Waals surface area contributed by atoms with E-state index in [9.17, 15) is 0 Å². The molecule has 0 spiro atoms. The molecule has 0 radical (unpaired) electrons. The number of hydrogen-bond donors (Lipinski definition) is 0. The maximum atomic E-state index is 3.79. The highest BCUT2D eigenvalue weighted by atomic mass is 79.9. The van der Waals surface area contributed by atoms with Gasteiger partial charge in [-0.15, -0.1) is 0 Å². The Morgan fingerprint density at radius 1 is 0.750 bits per heavy atom. The van der Waals surface area contributed by atoms with Crippen molar-refractivity contribution in [3.05, 3.63) is 8.96 Å². The van der Waals surface area contributed by atoms with Crippen molar-refractivity contribution in [2.24, 2.45) is 11.8 Å². The SMILES string of the molecule is BrC1=C(Br)CC2CC(Br)(Br)C(Br)(Br)CC2C1. The van der Waals surface area contributed by atoms with Gasteiger partial charge in [-0.1, -0.05) is 95.6 Å². The molecule has 2 rings (SSSR count). The van der Waals surface area contributed by atoms with E-state index in [1.807, 2.05) is 0 Å². The lowest BCUT2D eigenvalue weighted by molar-refractivity contribution is 0.229. The molecule has 1 fully saturated rings. The Hall–Kier alpha value is 2.62. The van der Waals surface area contributed by atoms with E-state index in [-0.39, 0.29) is 6.47 Å². The topological polar surface area (TPSA) is 0 Å². The molecule has 0 heterocycles. The third-order valence-corrected chi connectivity index (χ3v) is 11.7. The summed E-state index contributed by atoms with van der Waals surface area (Å²) in [6, 6.07) is 0. The Bertz CT molecular complexity index is 300. The van der Waals surface area contributed by atoms with E-state index < -0.39 is 0 Å². The highest BCUT2D eigenvalue weighted by molar-refractivity contribution is 9.30. The van der Waals surface area contributed by atoms with Crippen molar-refractivity contribution >= 4 is 95.6 Å². The Kier molecular flexibility index (Phi) is 4.87. The molecule has 6 heteroatoms. The fraction of sp³-hybridized carbons (Fsp3) is 0.800. The van der Waals surface area contributed by atoms with Gasteiger partial charge in [0.2, 0.25) is 0 Å². The summed E-state index contributed by atoms with van der Waals surface area (Å²) in [5.41, 5.74) is 0. The second-order valence-corrected chi connectivity index (χ2v) is 14.0. The number of rotatable bonds is 0. The van der Waals surface area contributed by atoms with Crippen LogP contribution in [0.15, 0.2) is 8.96 Å². The number of allylic oxidation sites excluding steroid dienone is 2. The van der Waals surface area contributed by atoms with E-state index >= 15 is 0 Å². The highest BCUT2D eigenvalue weighted by Gasteiger charge is 2.53. The first kappa shape index (κ1) is 15.0. The van der Waals surface area contributed by atoms with Crippen molar-refractivity contribution in [1.29, 1.82) is 0 Å². The molecule has 2 aliphatic carbocycles. The first-order valence-corrected chi connectivity index (χ1v) is 9.77. The Labute approximate surface area is 147 Å². The second kappa shape index (κ2) is 5.19. The van der Waals surface area contributed by atoms with Gasteiger partial charge in [0.05, 0.1) is 0 Å². The van der Waals surface area contributed by atoms with Crippen LogP contribution >= 0.6 is 95.6 Å². The molecule has 0 aromatic heterocycles. The van der Waals surface area contributed by atoms with E-state index in [1.165, 1.54) is 8.96 Å². The smallest absolute Gasteiger partial charge is 0.0702 e. The van der Waals surface area contributed by atoms with Crippen LogP contribution in [0.2, 0.25) is 0 Å². The van der Waals surface area contributed by atoms with Crippen molar-refractivity contribution in [2.45, 2.75) is 32.2 Å². The van der Waals surface area contributed by atoms with Crippen LogP contribution in [0.3, 0.4) is 0 Å². The second-order valence-electron chi connectivity index (χ2n) is 4.56. The predicted molar refractivity (Wildman–Crippen MR) is 91.5 cm³/mol. The van der Waals surface area contributed by atoms with E-state index in [0.29, 0.717) is 0 Å². The van der Waals surface area contributed by atoms with Crippen LogP contribution in [0.5, 0.6) is 0 Å². The van der Waals surface area contributed by atoms with Crippen molar-refractivity contribution in [2.75, 3.05) is 0 Å². The van der Waals surface area contributed by atoms with Crippen molar-refractivity contribution in [3.8, 4) is 0 Å². The Morgan fingerprint density at radius 2 is 1.06 bits per heavy atom. The molecule has 2 atom stereocenters. The Balaban J connectivity index is 2.23. The van der Waals surface area contributed by atoms with Crippen LogP contribution < -0.4 is 0 Å². The van der Waals surface area contributed by atoms with Gasteiger partial charge in [-0.2, -0.15) is 0 Å². The zero-order chi connectivity index (χ0) is 12.1. The van der Waals surface area contributed by atoms with Crippen molar-refractivity contribution in [3.63, 3.8) is 0 Å². The van der Waals surface area contributed by atoms with Gasteiger partial charge < -0.3 is 0 Å². The summed E-state index contributed by atoms with van der Waals surface area (Å²) >= 11 is 22.5. The predicted octanol–water partition coefficient (Wildman–Crippen LogP) is 6.78. The van der Waals surface area contributed by atoms with Crippen molar-refractivity contribution < 1.29 is 0 Å². The van der Waals surface area contributed by atoms with E-state index in [1.54, 1.807) is 0 Å². The number of alkyl halides is 4. The first-order valence-electron chi connectivity index (χ1n) is 5.01. The lowest BCUT2D eigenvalue weighted by Gasteiger charge is -2.48. The lowest BCUT2D eigenvalue weighted by Crippen LogP contribution is -2.46. The third kappa shape index (κ3) is 2.87. The average Bonchev–Trinajstić information content (AvgIpc) is 2.10. The van der Waals surface area contributed by atoms with Gasteiger partial charge in [0.25, 0.3) is 0 Å². The van der Waals surface area contributed by atoms with Gasteiger partial charge in [0.15, 0.2) is 0 Å². The van der Waals surface area contributed by atoms with Gasteiger partial charge in [-0.25, -0.2) is 0 Å². The monoisotopic (exact) mass is 604 g/mol. The number of halogens is 6. The zero-order valence-electron chi connectivity index (χ0n) is 8.25. The van der Waals surface area contributed by atoms with Gasteiger partial charge >= 0.3 is 0 Å². The van der Waals surface area contributed by atoms with E-state index in [0.717, 1.165) is 37.5 Å². The van der Waals surface area contributed by atoms with Gasteiger partial charge in [0, 0.05) is 8.96 Å². The molecule has 0 nitrogen and oxygen atoms in total. The molecular formula is C10H10Br6. The van der Waals surface area contributed by atoms with E-state index in [4.69, 9.17) is 0 Å². The molecule has 0 aromatic carbocycles. The summed E-state index contributed by atoms with van der Waals surface area (Å²) in [4.78, 5) is 0. The number of hydrogen-bond acceptors (Lipinski definition) is 0. The summed E-state index contributed by atoms with van der Waals surface area (Å²) in [6.45, 7) is 0. The van der Waals surface area contributed by atoms with Crippen LogP contribution in [-0.2, 0) is 0 Å². The molecule has 0 bridgehead atoms. The standard InChI is InChI=1S/C10H10Br6/c11-7-1-5-3-9(13,14)10(15,16)4-6(5)2-8(7)12/h5-6H,1-4H2. The molecule has 16 heavy (non-hydrogen) atoms. The summed E-state index contributed by atoms with van der Waals surface area (Å²) in [5, 5.41) is 0. The van der Waals surface area contributed by atoms with Crippen LogP contribution in [0.25, 0.3) is 0 Å². The minimum Gasteiger partial charge on any atom is -0.0702 e. The highest BCUT2D eigenvalue weighted by Crippen LogP contribution is 2.62. The van der Waals surface area contributed by atoms with E-state index in [2.05, 4.69) is 95.6 Å². The number of fused-ring (bicyclic) bond motifs is 1. The molecule has 0 amide bonds. The molecule has 1 saturated carbocycles. The molecule has 2 unspecified atom stereocenters. The first-order chi connectivity index (χ1) is 7.23. The maximum Gasteiger partial charge on any atom is 0.106 e. The van der Waals surface area contributed by atoms with Crippen molar-refractivity contribution in [1.82, 2.24) is 0 Å².